The third-order valence-electron chi connectivity index (χ3n) is 3.14. The second-order valence-corrected chi connectivity index (χ2v) is 4.88. The van der Waals surface area contributed by atoms with Gasteiger partial charge in [-0.1, -0.05) is 12.1 Å². The van der Waals surface area contributed by atoms with Gasteiger partial charge in [0.05, 0.1) is 12.7 Å². The Labute approximate surface area is 121 Å². The third-order valence-corrected chi connectivity index (χ3v) is 3.44. The van der Waals surface area contributed by atoms with Gasteiger partial charge in [-0.25, -0.2) is 9.78 Å². The number of rotatable bonds is 2. The molecule has 0 aliphatic heterocycles. The fraction of sp³-hybridized carbons (Fsp3) is 0.0667. The van der Waals surface area contributed by atoms with Gasteiger partial charge in [-0.15, -0.1) is 12.6 Å². The van der Waals surface area contributed by atoms with E-state index in [9.17, 15) is 4.79 Å². The minimum Gasteiger partial charge on any atom is -0.465 e. The standard InChI is InChI=1S/C15H12N2O2S/c1-19-15(18)13-8-17-14-12(13)6-10(7-16-14)9-2-4-11(20)5-3-9/h2-8,20H,1H3,(H,16,17). The van der Waals surface area contributed by atoms with Gasteiger partial charge in [0, 0.05) is 28.2 Å². The molecule has 4 nitrogen and oxygen atoms in total. The smallest absolute Gasteiger partial charge is 0.340 e. The number of fused-ring (bicyclic) bond motifs is 1. The maximum absolute atomic E-state index is 11.7. The van der Waals surface area contributed by atoms with Crippen LogP contribution >= 0.6 is 12.6 Å². The molecule has 0 fully saturated rings. The van der Waals surface area contributed by atoms with E-state index in [4.69, 9.17) is 4.74 Å². The first-order valence-electron chi connectivity index (χ1n) is 6.04. The molecule has 0 unspecified atom stereocenters. The van der Waals surface area contributed by atoms with Crippen LogP contribution in [-0.4, -0.2) is 23.0 Å². The lowest BCUT2D eigenvalue weighted by molar-refractivity contribution is 0.0603. The molecule has 0 atom stereocenters. The van der Waals surface area contributed by atoms with Crippen molar-refractivity contribution in [3.8, 4) is 11.1 Å². The number of benzene rings is 1. The van der Waals surface area contributed by atoms with Crippen molar-refractivity contribution >= 4 is 29.6 Å². The van der Waals surface area contributed by atoms with E-state index in [-0.39, 0.29) is 5.97 Å². The Kier molecular flexibility index (Phi) is 3.20. The summed E-state index contributed by atoms with van der Waals surface area (Å²) in [7, 11) is 1.36. The van der Waals surface area contributed by atoms with Crippen LogP contribution in [0.3, 0.4) is 0 Å². The van der Waals surface area contributed by atoms with Gasteiger partial charge < -0.3 is 9.72 Å². The predicted octanol–water partition coefficient (Wildman–Crippen LogP) is 3.31. The Hall–Kier alpha value is -2.27. The molecule has 2 heterocycles. The Balaban J connectivity index is 2.14. The van der Waals surface area contributed by atoms with Crippen LogP contribution in [0.1, 0.15) is 10.4 Å². The fourth-order valence-corrected chi connectivity index (χ4v) is 2.24. The van der Waals surface area contributed by atoms with Crippen LogP contribution in [0.15, 0.2) is 47.6 Å². The van der Waals surface area contributed by atoms with Crippen LogP contribution in [-0.2, 0) is 4.74 Å². The van der Waals surface area contributed by atoms with Crippen LogP contribution in [0.25, 0.3) is 22.2 Å². The number of nitrogens with zero attached hydrogens (tertiary/aromatic N) is 1. The highest BCUT2D eigenvalue weighted by atomic mass is 32.1. The summed E-state index contributed by atoms with van der Waals surface area (Å²) in [5.41, 5.74) is 3.12. The minimum atomic E-state index is -0.374. The molecule has 2 aromatic heterocycles. The largest absolute Gasteiger partial charge is 0.465 e. The number of esters is 1. The first-order valence-corrected chi connectivity index (χ1v) is 6.48. The predicted molar refractivity (Wildman–Crippen MR) is 80.1 cm³/mol. The van der Waals surface area contributed by atoms with Crippen molar-refractivity contribution in [1.29, 1.82) is 0 Å². The van der Waals surface area contributed by atoms with Crippen molar-refractivity contribution in [2.45, 2.75) is 4.90 Å². The molecule has 0 aliphatic carbocycles. The van der Waals surface area contributed by atoms with Crippen molar-refractivity contribution in [2.75, 3.05) is 7.11 Å². The molecule has 0 amide bonds. The number of nitrogens with one attached hydrogen (secondary N) is 1. The maximum Gasteiger partial charge on any atom is 0.340 e. The van der Waals surface area contributed by atoms with Crippen LogP contribution in [0.4, 0.5) is 0 Å². The van der Waals surface area contributed by atoms with Gasteiger partial charge in [0.2, 0.25) is 0 Å². The zero-order valence-corrected chi connectivity index (χ0v) is 11.6. The number of methoxy groups -OCH3 is 1. The number of aromatic amines is 1. The number of H-pyrrole nitrogens is 1. The Morgan fingerprint density at radius 1 is 1.25 bits per heavy atom. The topological polar surface area (TPSA) is 55.0 Å². The summed E-state index contributed by atoms with van der Waals surface area (Å²) >= 11 is 4.27. The van der Waals surface area contributed by atoms with Crippen molar-refractivity contribution < 1.29 is 9.53 Å². The van der Waals surface area contributed by atoms with Gasteiger partial charge in [-0.2, -0.15) is 0 Å². The molecule has 0 spiro atoms. The quantitative estimate of drug-likeness (QED) is 0.561. The van der Waals surface area contributed by atoms with E-state index in [1.54, 1.807) is 12.4 Å². The van der Waals surface area contributed by atoms with E-state index in [2.05, 4.69) is 22.6 Å². The number of hydrogen-bond donors (Lipinski definition) is 2. The van der Waals surface area contributed by atoms with Gasteiger partial charge in [0.1, 0.15) is 5.65 Å². The number of carbonyl (C=O) groups is 1. The molecule has 0 radical (unpaired) electrons. The van der Waals surface area contributed by atoms with Crippen molar-refractivity contribution in [3.05, 3.63) is 48.3 Å². The lowest BCUT2D eigenvalue weighted by Gasteiger charge is -2.03. The Bertz CT molecular complexity index is 778. The molecule has 100 valence electrons. The Morgan fingerprint density at radius 2 is 2.00 bits per heavy atom. The first-order chi connectivity index (χ1) is 9.69. The number of pyridine rings is 1. The molecule has 3 rings (SSSR count). The lowest BCUT2D eigenvalue weighted by atomic mass is 10.1. The van der Waals surface area contributed by atoms with Crippen molar-refractivity contribution in [1.82, 2.24) is 9.97 Å². The second-order valence-electron chi connectivity index (χ2n) is 4.36. The van der Waals surface area contributed by atoms with Crippen molar-refractivity contribution in [2.24, 2.45) is 0 Å². The molecule has 3 aromatic rings. The molecule has 1 N–H and O–H groups in total. The summed E-state index contributed by atoms with van der Waals surface area (Å²) in [5, 5.41) is 0.754. The van der Waals surface area contributed by atoms with E-state index < -0.39 is 0 Å². The number of thiol groups is 1. The van der Waals surface area contributed by atoms with Crippen LogP contribution in [0.5, 0.6) is 0 Å². The second kappa shape index (κ2) is 5.02. The van der Waals surface area contributed by atoms with Gasteiger partial charge in [0.15, 0.2) is 0 Å². The van der Waals surface area contributed by atoms with Crippen LogP contribution in [0.2, 0.25) is 0 Å². The third kappa shape index (κ3) is 2.16. The maximum atomic E-state index is 11.7. The summed E-state index contributed by atoms with van der Waals surface area (Å²) < 4.78 is 4.77. The molecule has 0 saturated carbocycles. The van der Waals surface area contributed by atoms with E-state index in [0.29, 0.717) is 11.2 Å². The van der Waals surface area contributed by atoms with Crippen molar-refractivity contribution in [3.63, 3.8) is 0 Å². The number of aromatic nitrogens is 2. The normalized spacial score (nSPS) is 10.7. The zero-order valence-electron chi connectivity index (χ0n) is 10.8. The summed E-state index contributed by atoms with van der Waals surface area (Å²) in [4.78, 5) is 19.9. The van der Waals surface area contributed by atoms with Gasteiger partial charge in [0.25, 0.3) is 0 Å². The average Bonchev–Trinajstić information content (AvgIpc) is 2.90. The van der Waals surface area contributed by atoms with E-state index in [1.165, 1.54) is 7.11 Å². The summed E-state index contributed by atoms with van der Waals surface area (Å²) in [6, 6.07) is 9.70. The highest BCUT2D eigenvalue weighted by Gasteiger charge is 2.13. The first kappa shape index (κ1) is 12.7. The molecular weight excluding hydrogens is 272 g/mol. The van der Waals surface area contributed by atoms with Gasteiger partial charge >= 0.3 is 5.97 Å². The molecule has 1 aromatic carbocycles. The van der Waals surface area contributed by atoms with E-state index in [1.807, 2.05) is 30.3 Å². The Morgan fingerprint density at radius 3 is 2.70 bits per heavy atom. The highest BCUT2D eigenvalue weighted by molar-refractivity contribution is 7.80. The summed E-state index contributed by atoms with van der Waals surface area (Å²) in [6.07, 6.45) is 3.39. The van der Waals surface area contributed by atoms with Crippen LogP contribution < -0.4 is 0 Å². The number of hydrogen-bond acceptors (Lipinski definition) is 4. The van der Waals surface area contributed by atoms with Crippen LogP contribution in [0, 0.1) is 0 Å². The van der Waals surface area contributed by atoms with Gasteiger partial charge in [-0.05, 0) is 23.8 Å². The molecule has 0 aliphatic rings. The van der Waals surface area contributed by atoms with E-state index in [0.717, 1.165) is 21.4 Å². The summed E-state index contributed by atoms with van der Waals surface area (Å²) in [6.45, 7) is 0. The monoisotopic (exact) mass is 284 g/mol. The SMILES string of the molecule is COC(=O)c1c[nH]c2ncc(-c3ccc(S)cc3)cc12. The molecule has 20 heavy (non-hydrogen) atoms. The van der Waals surface area contributed by atoms with Gasteiger partial charge in [-0.3, -0.25) is 0 Å². The fourth-order valence-electron chi connectivity index (χ4n) is 2.09. The minimum absolute atomic E-state index is 0.374. The molecular formula is C15H12N2O2S. The molecule has 0 bridgehead atoms. The zero-order chi connectivity index (χ0) is 14.1. The molecule has 0 saturated heterocycles. The average molecular weight is 284 g/mol. The number of ether oxygens (including phenoxy) is 1. The molecule has 5 heteroatoms. The highest BCUT2D eigenvalue weighted by Crippen LogP contribution is 2.25. The summed E-state index contributed by atoms with van der Waals surface area (Å²) in [5.74, 6) is -0.374. The lowest BCUT2D eigenvalue weighted by Crippen LogP contribution is -1.99. The number of carbonyl (C=O) groups excluding carboxylic acids is 1. The van der Waals surface area contributed by atoms with E-state index >= 15 is 0 Å².